The Kier molecular flexibility index (Phi) is 7.10. The fourth-order valence-corrected chi connectivity index (χ4v) is 3.06. The van der Waals surface area contributed by atoms with Crippen molar-refractivity contribution in [2.24, 2.45) is 0 Å². The Morgan fingerprint density at radius 3 is 2.62 bits per heavy atom. The number of hydrogen-bond donors (Lipinski definition) is 2. The smallest absolute Gasteiger partial charge is 0.270 e. The van der Waals surface area contributed by atoms with Crippen molar-refractivity contribution in [1.82, 2.24) is 20.7 Å². The highest BCUT2D eigenvalue weighted by Crippen LogP contribution is 2.24. The number of hydrogen-bond acceptors (Lipinski definition) is 4. The first-order chi connectivity index (χ1) is 14.1. The van der Waals surface area contributed by atoms with Crippen LogP contribution in [0.3, 0.4) is 0 Å². The van der Waals surface area contributed by atoms with Crippen molar-refractivity contribution < 1.29 is 9.53 Å². The second-order valence-corrected chi connectivity index (χ2v) is 6.90. The number of ether oxygens (including phenoxy) is 1. The lowest BCUT2D eigenvalue weighted by Gasteiger charge is -2.22. The summed E-state index contributed by atoms with van der Waals surface area (Å²) in [5.74, 6) is -0.246. The van der Waals surface area contributed by atoms with Gasteiger partial charge in [0.15, 0.2) is 5.11 Å². The number of carbonyl (C=O) groups excluding carboxylic acids is 1. The van der Waals surface area contributed by atoms with Gasteiger partial charge < -0.3 is 10.1 Å². The standard InChI is InChI=1S/C22H24N4O2S/c1-26(22(29)23-13-8-14-28-2)25-21(27)18-15-20(16-9-4-3-5-10-16)24-19-12-7-6-11-17(18)19/h3-7,9-12,15H,8,13-14H2,1-2H3,(H,23,29)(H,25,27). The second kappa shape index (κ2) is 9.95. The molecule has 0 spiro atoms. The van der Waals surface area contributed by atoms with Crippen molar-refractivity contribution >= 4 is 34.1 Å². The molecule has 0 unspecified atom stereocenters. The zero-order valence-electron chi connectivity index (χ0n) is 16.5. The summed E-state index contributed by atoms with van der Waals surface area (Å²) >= 11 is 5.34. The number of para-hydroxylation sites is 1. The molecule has 1 heterocycles. The number of amides is 1. The maximum absolute atomic E-state index is 13.0. The fraction of sp³-hybridized carbons (Fsp3) is 0.227. The van der Waals surface area contributed by atoms with E-state index in [1.165, 1.54) is 5.01 Å². The number of nitrogens with zero attached hydrogens (tertiary/aromatic N) is 2. The average Bonchev–Trinajstić information content (AvgIpc) is 2.76. The minimum absolute atomic E-state index is 0.246. The highest BCUT2D eigenvalue weighted by atomic mass is 32.1. The topological polar surface area (TPSA) is 66.5 Å². The number of benzene rings is 2. The van der Waals surface area contributed by atoms with E-state index < -0.39 is 0 Å². The van der Waals surface area contributed by atoms with Crippen LogP contribution in [0.2, 0.25) is 0 Å². The van der Waals surface area contributed by atoms with Gasteiger partial charge >= 0.3 is 0 Å². The molecule has 0 saturated carbocycles. The predicted molar refractivity (Wildman–Crippen MR) is 120 cm³/mol. The molecule has 29 heavy (non-hydrogen) atoms. The summed E-state index contributed by atoms with van der Waals surface area (Å²) in [7, 11) is 3.37. The Hall–Kier alpha value is -3.03. The Morgan fingerprint density at radius 2 is 1.86 bits per heavy atom. The molecule has 0 radical (unpaired) electrons. The number of rotatable bonds is 6. The third-order valence-electron chi connectivity index (χ3n) is 4.41. The van der Waals surface area contributed by atoms with Crippen LogP contribution < -0.4 is 10.7 Å². The molecule has 3 aromatic rings. The van der Waals surface area contributed by atoms with Gasteiger partial charge in [-0.2, -0.15) is 0 Å². The van der Waals surface area contributed by atoms with Gasteiger partial charge in [0.2, 0.25) is 0 Å². The lowest BCUT2D eigenvalue weighted by Crippen LogP contribution is -2.48. The maximum atomic E-state index is 13.0. The number of aromatic nitrogens is 1. The molecule has 0 saturated heterocycles. The summed E-state index contributed by atoms with van der Waals surface area (Å²) in [4.78, 5) is 17.8. The summed E-state index contributed by atoms with van der Waals surface area (Å²) in [5.41, 5.74) is 5.85. The minimum Gasteiger partial charge on any atom is -0.385 e. The summed E-state index contributed by atoms with van der Waals surface area (Å²) in [6.07, 6.45) is 0.827. The first kappa shape index (κ1) is 20.7. The Balaban J connectivity index is 1.82. The van der Waals surface area contributed by atoms with E-state index in [0.717, 1.165) is 28.6 Å². The summed E-state index contributed by atoms with van der Waals surface area (Å²) in [6.45, 7) is 1.32. The Morgan fingerprint density at radius 1 is 1.14 bits per heavy atom. The molecule has 3 rings (SSSR count). The SMILES string of the molecule is COCCCNC(=S)N(C)NC(=O)c1cc(-c2ccccc2)nc2ccccc12. The summed E-state index contributed by atoms with van der Waals surface area (Å²) in [6, 6.07) is 19.2. The zero-order chi connectivity index (χ0) is 20.6. The van der Waals surface area contributed by atoms with Gasteiger partial charge in [0.1, 0.15) is 0 Å². The molecule has 0 aliphatic rings. The van der Waals surface area contributed by atoms with E-state index in [9.17, 15) is 4.79 Å². The van der Waals surface area contributed by atoms with Gasteiger partial charge in [-0.1, -0.05) is 48.5 Å². The first-order valence-electron chi connectivity index (χ1n) is 9.37. The van der Waals surface area contributed by atoms with Crippen molar-refractivity contribution in [3.8, 4) is 11.3 Å². The van der Waals surface area contributed by atoms with E-state index >= 15 is 0 Å². The molecule has 0 aliphatic heterocycles. The van der Waals surface area contributed by atoms with Crippen molar-refractivity contribution in [1.29, 1.82) is 0 Å². The van der Waals surface area contributed by atoms with Crippen LogP contribution in [0.25, 0.3) is 22.2 Å². The normalized spacial score (nSPS) is 10.6. The van der Waals surface area contributed by atoms with Crippen molar-refractivity contribution in [2.45, 2.75) is 6.42 Å². The number of methoxy groups -OCH3 is 1. The van der Waals surface area contributed by atoms with Crippen molar-refractivity contribution in [2.75, 3.05) is 27.3 Å². The quantitative estimate of drug-likeness (QED) is 0.370. The summed E-state index contributed by atoms with van der Waals surface area (Å²) in [5, 5.41) is 5.84. The van der Waals surface area contributed by atoms with Crippen molar-refractivity contribution in [3.05, 3.63) is 66.2 Å². The minimum atomic E-state index is -0.246. The molecular formula is C22H24N4O2S. The van der Waals surface area contributed by atoms with Crippen LogP contribution in [0.5, 0.6) is 0 Å². The van der Waals surface area contributed by atoms with Crippen LogP contribution >= 0.6 is 12.2 Å². The van der Waals surface area contributed by atoms with Crippen LogP contribution in [-0.2, 0) is 4.74 Å². The van der Waals surface area contributed by atoms with Gasteiger partial charge in [-0.15, -0.1) is 0 Å². The molecule has 1 aromatic heterocycles. The van der Waals surface area contributed by atoms with Gasteiger partial charge in [-0.05, 0) is 30.8 Å². The van der Waals surface area contributed by atoms with Crippen molar-refractivity contribution in [3.63, 3.8) is 0 Å². The molecule has 2 N–H and O–H groups in total. The summed E-state index contributed by atoms with van der Waals surface area (Å²) < 4.78 is 5.02. The maximum Gasteiger partial charge on any atom is 0.270 e. The molecule has 1 amide bonds. The number of hydrazine groups is 1. The van der Waals surface area contributed by atoms with Gasteiger partial charge in [0, 0.05) is 38.3 Å². The monoisotopic (exact) mass is 408 g/mol. The highest BCUT2D eigenvalue weighted by Gasteiger charge is 2.16. The van der Waals surface area contributed by atoms with E-state index in [1.54, 1.807) is 14.2 Å². The molecule has 150 valence electrons. The molecule has 0 atom stereocenters. The Bertz CT molecular complexity index is 995. The molecule has 0 bridgehead atoms. The molecular weight excluding hydrogens is 384 g/mol. The molecule has 6 nitrogen and oxygen atoms in total. The number of fused-ring (bicyclic) bond motifs is 1. The van der Waals surface area contributed by atoms with Gasteiger partial charge in [-0.25, -0.2) is 4.98 Å². The molecule has 2 aromatic carbocycles. The lowest BCUT2D eigenvalue weighted by molar-refractivity contribution is 0.0888. The van der Waals surface area contributed by atoms with E-state index in [0.29, 0.717) is 23.8 Å². The van der Waals surface area contributed by atoms with Crippen LogP contribution in [0.1, 0.15) is 16.8 Å². The second-order valence-electron chi connectivity index (χ2n) is 6.52. The van der Waals surface area contributed by atoms with Gasteiger partial charge in [0.25, 0.3) is 5.91 Å². The van der Waals surface area contributed by atoms with Crippen LogP contribution in [0, 0.1) is 0 Å². The van der Waals surface area contributed by atoms with Crippen LogP contribution in [-0.4, -0.2) is 48.3 Å². The van der Waals surface area contributed by atoms with E-state index in [1.807, 2.05) is 60.7 Å². The molecule has 0 fully saturated rings. The van der Waals surface area contributed by atoms with Crippen LogP contribution in [0.4, 0.5) is 0 Å². The zero-order valence-corrected chi connectivity index (χ0v) is 17.3. The first-order valence-corrected chi connectivity index (χ1v) is 9.77. The number of carbonyl (C=O) groups is 1. The van der Waals surface area contributed by atoms with Gasteiger partial charge in [0.05, 0.1) is 16.8 Å². The third kappa shape index (κ3) is 5.28. The Labute approximate surface area is 175 Å². The van der Waals surface area contributed by atoms with Crippen LogP contribution in [0.15, 0.2) is 60.7 Å². The predicted octanol–water partition coefficient (Wildman–Crippen LogP) is 3.39. The number of thiocarbonyl (C=S) groups is 1. The lowest BCUT2D eigenvalue weighted by atomic mass is 10.0. The van der Waals surface area contributed by atoms with E-state index in [4.69, 9.17) is 21.9 Å². The number of pyridine rings is 1. The van der Waals surface area contributed by atoms with E-state index in [2.05, 4.69) is 10.7 Å². The molecule has 7 heteroatoms. The fourth-order valence-electron chi connectivity index (χ4n) is 2.91. The van der Waals surface area contributed by atoms with E-state index in [-0.39, 0.29) is 5.91 Å². The highest BCUT2D eigenvalue weighted by molar-refractivity contribution is 7.80. The molecule has 0 aliphatic carbocycles. The third-order valence-corrected chi connectivity index (χ3v) is 4.82. The largest absolute Gasteiger partial charge is 0.385 e. The van der Waals surface area contributed by atoms with Gasteiger partial charge in [-0.3, -0.25) is 15.2 Å². The number of nitrogens with one attached hydrogen (secondary N) is 2. The average molecular weight is 409 g/mol.